The molecule has 0 bridgehead atoms. The molecule has 18 heteroatoms. The van der Waals surface area contributed by atoms with Crippen LogP contribution in [0.15, 0.2) is 71.3 Å². The molecule has 8 aromatic heterocycles. The van der Waals surface area contributed by atoms with E-state index in [1.54, 1.807) is 21.2 Å². The molecule has 2 saturated heterocycles. The Hall–Kier alpha value is -5.88. The van der Waals surface area contributed by atoms with E-state index in [1.165, 1.54) is 29.9 Å². The number of rotatable bonds is 6. The van der Waals surface area contributed by atoms with Crippen LogP contribution < -0.4 is 21.8 Å². The molecule has 318 valence electrons. The van der Waals surface area contributed by atoms with Gasteiger partial charge < -0.3 is 10.6 Å². The van der Waals surface area contributed by atoms with E-state index in [-0.39, 0.29) is 23.2 Å². The molecule has 2 aliphatic rings. The van der Waals surface area contributed by atoms with Crippen LogP contribution in [0.25, 0.3) is 33.4 Å². The fraction of sp³-hybridized carbons (Fsp3) is 0.395. The molecular weight excluding hydrogens is 809 g/mol. The summed E-state index contributed by atoms with van der Waals surface area (Å²) in [5, 5.41) is 16.8. The topological polar surface area (TPSA) is 180 Å². The van der Waals surface area contributed by atoms with Gasteiger partial charge in [-0.3, -0.25) is 18.7 Å². The van der Waals surface area contributed by atoms with Crippen LogP contribution in [-0.4, -0.2) is 106 Å². The van der Waals surface area contributed by atoms with Crippen LogP contribution in [0.1, 0.15) is 53.6 Å². The molecule has 10 heterocycles. The highest BCUT2D eigenvalue weighted by molar-refractivity contribution is 8.33. The first-order valence-corrected chi connectivity index (χ1v) is 26.0. The number of nitrogens with zero attached hydrogens (tertiary/aromatic N) is 12. The Balaban J connectivity index is 0.000000156. The van der Waals surface area contributed by atoms with Gasteiger partial charge in [0.15, 0.2) is 11.3 Å². The number of hydrogen-bond acceptors (Lipinski definition) is 12. The maximum absolute atomic E-state index is 13.0. The van der Waals surface area contributed by atoms with Gasteiger partial charge in [0.2, 0.25) is 11.9 Å². The Morgan fingerprint density at radius 1 is 0.574 bits per heavy atom. The number of fused-ring (bicyclic) bond motifs is 4. The van der Waals surface area contributed by atoms with Crippen molar-refractivity contribution in [2.24, 2.45) is 0 Å². The van der Waals surface area contributed by atoms with Crippen molar-refractivity contribution >= 4 is 76.7 Å². The summed E-state index contributed by atoms with van der Waals surface area (Å²) in [5.74, 6) is 5.55. The van der Waals surface area contributed by atoms with Gasteiger partial charge in [-0.15, -0.1) is 0 Å². The third-order valence-corrected chi connectivity index (χ3v) is 17.4. The molecule has 2 fully saturated rings. The molecule has 0 saturated carbocycles. The molecule has 10 rings (SSSR count). The second kappa shape index (κ2) is 15.5. The number of nitrogens with one attached hydrogen (secondary N) is 2. The van der Waals surface area contributed by atoms with Gasteiger partial charge >= 0.3 is 0 Å². The molecule has 0 radical (unpaired) electrons. The summed E-state index contributed by atoms with van der Waals surface area (Å²) >= 11 is 0. The molecule has 0 amide bonds. The summed E-state index contributed by atoms with van der Waals surface area (Å²) in [7, 11) is -1.19. The Morgan fingerprint density at radius 3 is 1.48 bits per heavy atom. The Kier molecular flexibility index (Phi) is 10.3. The maximum atomic E-state index is 13.0. The van der Waals surface area contributed by atoms with E-state index in [4.69, 9.17) is 9.97 Å². The first-order chi connectivity index (χ1) is 29.1. The Bertz CT molecular complexity index is 3100. The van der Waals surface area contributed by atoms with Gasteiger partial charge in [-0.25, -0.2) is 49.0 Å². The van der Waals surface area contributed by atoms with Gasteiger partial charge in [-0.2, -0.15) is 20.2 Å². The van der Waals surface area contributed by atoms with Crippen LogP contribution in [-0.2, 0) is 0 Å². The lowest BCUT2D eigenvalue weighted by atomic mass is 10.1. The zero-order valence-electron chi connectivity index (χ0n) is 35.9. The summed E-state index contributed by atoms with van der Waals surface area (Å²) in [6, 6.07) is 7.73. The van der Waals surface area contributed by atoms with Crippen molar-refractivity contribution in [1.29, 1.82) is 0 Å². The summed E-state index contributed by atoms with van der Waals surface area (Å²) in [6.07, 6.45) is 23.0. The van der Waals surface area contributed by atoms with Crippen molar-refractivity contribution in [1.82, 2.24) is 58.3 Å². The number of hydrogen-bond donors (Lipinski definition) is 2. The van der Waals surface area contributed by atoms with Crippen molar-refractivity contribution in [3.63, 3.8) is 0 Å². The maximum Gasteiger partial charge on any atom is 0.252 e. The standard InChI is InChI=1S/C22H27N7OS.C21H25N7OS/c1-14-10-20(30)29(16-5-7-31(3,4)8-6-16)21-17(14)11-23-22(27-21)26-18-12-28-19(9-15(18)2)24-13-25-28;1-13-8-19(29)28(15-5-6-30(3,4)11-15)20-16(13)9-22-21(26-20)25-17-10-27-18(7-14(17)2)23-12-24-27/h9-13,16H,5-8H2,1-4H3,(H,23,26,27);7-10,12,15H,5-6,11H2,1-4H3,(H,22,25,26). The average molecular weight is 861 g/mol. The highest BCUT2D eigenvalue weighted by atomic mass is 32.3. The number of aromatic nitrogens is 12. The van der Waals surface area contributed by atoms with E-state index in [2.05, 4.69) is 65.8 Å². The largest absolute Gasteiger partial charge is 0.323 e. The van der Waals surface area contributed by atoms with Crippen LogP contribution in [0.2, 0.25) is 0 Å². The molecule has 0 aromatic carbocycles. The zero-order chi connectivity index (χ0) is 42.8. The van der Waals surface area contributed by atoms with Gasteiger partial charge in [-0.1, -0.05) is 0 Å². The number of anilines is 4. The van der Waals surface area contributed by atoms with E-state index in [1.807, 2.05) is 73.7 Å². The van der Waals surface area contributed by atoms with Crippen LogP contribution in [0.5, 0.6) is 0 Å². The monoisotopic (exact) mass is 860 g/mol. The van der Waals surface area contributed by atoms with E-state index >= 15 is 0 Å². The first-order valence-electron chi connectivity index (χ1n) is 20.4. The van der Waals surface area contributed by atoms with Gasteiger partial charge in [0.1, 0.15) is 23.9 Å². The Morgan fingerprint density at radius 2 is 1.02 bits per heavy atom. The third-order valence-electron chi connectivity index (χ3n) is 12.1. The second-order valence-corrected chi connectivity index (χ2v) is 26.2. The molecule has 0 aliphatic carbocycles. The lowest BCUT2D eigenvalue weighted by Crippen LogP contribution is -2.31. The SMILES string of the molecule is Cc1cc2ncnn2cc1Nc1ncc2c(C)cc(=O)n(C3CCS(C)(C)C3)c2n1.Cc1cc2ncnn2cc1Nc1ncc2c(C)cc(=O)n(C3CCS(C)(C)CC3)c2n1. The molecule has 2 N–H and O–H groups in total. The summed E-state index contributed by atoms with van der Waals surface area (Å²) in [5.41, 5.74) is 8.57. The van der Waals surface area contributed by atoms with Crippen molar-refractivity contribution in [2.75, 3.05) is 58.7 Å². The third kappa shape index (κ3) is 8.05. The van der Waals surface area contributed by atoms with Crippen molar-refractivity contribution in [2.45, 2.75) is 59.0 Å². The lowest BCUT2D eigenvalue weighted by Gasteiger charge is -2.39. The van der Waals surface area contributed by atoms with E-state index in [0.29, 0.717) is 23.2 Å². The normalized spacial score (nSPS) is 18.6. The van der Waals surface area contributed by atoms with Crippen molar-refractivity contribution in [3.8, 4) is 0 Å². The van der Waals surface area contributed by atoms with E-state index in [0.717, 1.165) is 80.7 Å². The minimum Gasteiger partial charge on any atom is -0.323 e. The number of aryl methyl sites for hydroxylation is 4. The highest BCUT2D eigenvalue weighted by Gasteiger charge is 2.31. The molecule has 16 nitrogen and oxygen atoms in total. The predicted molar refractivity (Wildman–Crippen MR) is 249 cm³/mol. The summed E-state index contributed by atoms with van der Waals surface area (Å²) < 4.78 is 7.21. The lowest BCUT2D eigenvalue weighted by molar-refractivity contribution is 0.464. The summed E-state index contributed by atoms with van der Waals surface area (Å²) in [6.45, 7) is 7.89. The van der Waals surface area contributed by atoms with Gasteiger partial charge in [0, 0.05) is 47.4 Å². The molecule has 0 spiro atoms. The van der Waals surface area contributed by atoms with Gasteiger partial charge in [0.25, 0.3) is 11.1 Å². The van der Waals surface area contributed by atoms with Crippen LogP contribution in [0, 0.1) is 27.7 Å². The van der Waals surface area contributed by atoms with Gasteiger partial charge in [-0.05, 0) is 129 Å². The van der Waals surface area contributed by atoms with Gasteiger partial charge in [0.05, 0.1) is 23.8 Å². The van der Waals surface area contributed by atoms with Crippen LogP contribution in [0.4, 0.5) is 23.3 Å². The minimum absolute atomic E-state index is 0.0203. The number of pyridine rings is 4. The summed E-state index contributed by atoms with van der Waals surface area (Å²) in [4.78, 5) is 53.1. The fourth-order valence-corrected chi connectivity index (χ4v) is 13.0. The quantitative estimate of drug-likeness (QED) is 0.179. The first kappa shape index (κ1) is 40.5. The predicted octanol–water partition coefficient (Wildman–Crippen LogP) is 6.80. The smallest absolute Gasteiger partial charge is 0.252 e. The van der Waals surface area contributed by atoms with Crippen molar-refractivity contribution < 1.29 is 0 Å². The Labute approximate surface area is 355 Å². The molecule has 8 aromatic rings. The van der Waals surface area contributed by atoms with Crippen molar-refractivity contribution in [3.05, 3.63) is 105 Å². The molecule has 1 atom stereocenters. The van der Waals surface area contributed by atoms with Crippen LogP contribution >= 0.6 is 20.1 Å². The van der Waals surface area contributed by atoms with E-state index < -0.39 is 20.1 Å². The van der Waals surface area contributed by atoms with Crippen LogP contribution in [0.3, 0.4) is 0 Å². The minimum atomic E-state index is -0.653. The zero-order valence-corrected chi connectivity index (χ0v) is 37.5. The average Bonchev–Trinajstić information content (AvgIpc) is 3.95. The molecule has 61 heavy (non-hydrogen) atoms. The molecular formula is C43H52N14O2S2. The second-order valence-electron chi connectivity index (χ2n) is 17.5. The molecule has 2 aliphatic heterocycles. The molecule has 1 unspecified atom stereocenters. The fourth-order valence-electron chi connectivity index (χ4n) is 8.55. The highest BCUT2D eigenvalue weighted by Crippen LogP contribution is 2.51. The van der Waals surface area contributed by atoms with E-state index in [9.17, 15) is 9.59 Å².